The van der Waals surface area contributed by atoms with E-state index in [-0.39, 0.29) is 10.0 Å². The molecule has 0 saturated carbocycles. The molecule has 0 atom stereocenters. The molecule has 0 saturated heterocycles. The Hall–Kier alpha value is -3.62. The number of halogens is 4. The Morgan fingerprint density at radius 2 is 1.69 bits per heavy atom. The predicted octanol–water partition coefficient (Wildman–Crippen LogP) is 7.23. The van der Waals surface area contributed by atoms with E-state index in [9.17, 15) is 22.8 Å². The van der Waals surface area contributed by atoms with Crippen LogP contribution >= 0.6 is 22.9 Å². The van der Waals surface area contributed by atoms with Crippen molar-refractivity contribution in [2.75, 3.05) is 7.11 Å². The van der Waals surface area contributed by atoms with Crippen LogP contribution < -0.4 is 5.56 Å². The highest BCUT2D eigenvalue weighted by Crippen LogP contribution is 2.39. The third kappa shape index (κ3) is 4.16. The number of nitrogens with zero attached hydrogens (tertiary/aromatic N) is 1. The fraction of sp³-hybridized carbons (Fsp3) is 0.111. The monoisotopic (exact) mass is 527 g/mol. The summed E-state index contributed by atoms with van der Waals surface area (Å²) in [6.45, 7) is 0. The van der Waals surface area contributed by atoms with E-state index >= 15 is 0 Å². The van der Waals surface area contributed by atoms with Crippen LogP contribution in [0, 0.1) is 0 Å². The summed E-state index contributed by atoms with van der Waals surface area (Å²) in [6.07, 6.45) is -4.15. The number of alkyl halides is 3. The standard InChI is InChI=1S/C27H17ClF3NO3S/c1-35-26(34)23-24(28)36-25-22(16-9-11-19(12-10-16)27(29,30)31)18(14-21(33)32(23)25)13-17-7-4-6-15-5-2-3-8-20(15)17/h2-12,14H,13H2,1H3. The first-order valence-corrected chi connectivity index (χ1v) is 12.0. The number of fused-ring (bicyclic) bond motifs is 2. The quantitative estimate of drug-likeness (QED) is 0.232. The molecular formula is C27H17ClF3NO3S. The number of carbonyl (C=O) groups excluding carboxylic acids is 1. The normalized spacial score (nSPS) is 11.8. The minimum absolute atomic E-state index is 0.0504. The van der Waals surface area contributed by atoms with Crippen LogP contribution in [-0.4, -0.2) is 17.5 Å². The molecule has 5 aromatic rings. The van der Waals surface area contributed by atoms with Crippen molar-refractivity contribution in [1.82, 2.24) is 4.40 Å². The maximum absolute atomic E-state index is 13.2. The Balaban J connectivity index is 1.79. The van der Waals surface area contributed by atoms with Gasteiger partial charge in [0.15, 0.2) is 5.69 Å². The minimum atomic E-state index is -4.49. The molecule has 0 amide bonds. The molecule has 4 nitrogen and oxygen atoms in total. The van der Waals surface area contributed by atoms with E-state index in [2.05, 4.69) is 0 Å². The Bertz CT molecular complexity index is 1680. The average Bonchev–Trinajstić information content (AvgIpc) is 3.20. The number of thiazole rings is 1. The van der Waals surface area contributed by atoms with Crippen LogP contribution in [0.25, 0.3) is 26.7 Å². The van der Waals surface area contributed by atoms with Crippen LogP contribution in [0.3, 0.4) is 0 Å². The van der Waals surface area contributed by atoms with Gasteiger partial charge in [0.1, 0.15) is 9.17 Å². The molecule has 182 valence electrons. The lowest BCUT2D eigenvalue weighted by molar-refractivity contribution is -0.137. The number of esters is 1. The van der Waals surface area contributed by atoms with Crippen molar-refractivity contribution in [3.8, 4) is 11.1 Å². The lowest BCUT2D eigenvalue weighted by Gasteiger charge is -2.14. The van der Waals surface area contributed by atoms with Crippen LogP contribution in [0.15, 0.2) is 77.6 Å². The summed E-state index contributed by atoms with van der Waals surface area (Å²) in [7, 11) is 1.18. The summed E-state index contributed by atoms with van der Waals surface area (Å²) < 4.78 is 45.7. The van der Waals surface area contributed by atoms with Gasteiger partial charge in [0, 0.05) is 11.6 Å². The van der Waals surface area contributed by atoms with Crippen molar-refractivity contribution in [3.05, 3.63) is 110 Å². The zero-order valence-corrected chi connectivity index (χ0v) is 20.3. The van der Waals surface area contributed by atoms with Gasteiger partial charge in [-0.05, 0) is 46.0 Å². The Morgan fingerprint density at radius 3 is 2.39 bits per heavy atom. The maximum atomic E-state index is 13.2. The molecule has 0 radical (unpaired) electrons. The van der Waals surface area contributed by atoms with Crippen molar-refractivity contribution in [1.29, 1.82) is 0 Å². The SMILES string of the molecule is COC(=O)c1c(Cl)sc2c(-c3ccc(C(F)(F)F)cc3)c(Cc3cccc4ccccc34)cc(=O)n12. The van der Waals surface area contributed by atoms with Crippen molar-refractivity contribution >= 4 is 44.5 Å². The van der Waals surface area contributed by atoms with Crippen LogP contribution in [0.2, 0.25) is 4.34 Å². The number of ether oxygens (including phenoxy) is 1. The zero-order chi connectivity index (χ0) is 25.6. The summed E-state index contributed by atoms with van der Waals surface area (Å²) in [5, 5.41) is 2.02. The highest BCUT2D eigenvalue weighted by Gasteiger charge is 2.30. The van der Waals surface area contributed by atoms with Crippen molar-refractivity contribution in [3.63, 3.8) is 0 Å². The number of rotatable bonds is 4. The highest BCUT2D eigenvalue weighted by molar-refractivity contribution is 7.22. The first-order valence-electron chi connectivity index (χ1n) is 10.8. The third-order valence-electron chi connectivity index (χ3n) is 5.99. The Morgan fingerprint density at radius 1 is 1.00 bits per heavy atom. The molecule has 0 aliphatic carbocycles. The molecule has 36 heavy (non-hydrogen) atoms. The van der Waals surface area contributed by atoms with Crippen LogP contribution in [0.4, 0.5) is 13.2 Å². The molecule has 2 aromatic heterocycles. The minimum Gasteiger partial charge on any atom is -0.464 e. The Kier molecular flexibility index (Phi) is 6.10. The first kappa shape index (κ1) is 24.1. The van der Waals surface area contributed by atoms with Crippen LogP contribution in [0.5, 0.6) is 0 Å². The number of hydrogen-bond donors (Lipinski definition) is 0. The number of methoxy groups -OCH3 is 1. The van der Waals surface area contributed by atoms with E-state index in [4.69, 9.17) is 16.3 Å². The lowest BCUT2D eigenvalue weighted by Crippen LogP contribution is -2.19. The number of benzene rings is 3. The van der Waals surface area contributed by atoms with Gasteiger partial charge in [-0.3, -0.25) is 9.20 Å². The predicted molar refractivity (Wildman–Crippen MR) is 135 cm³/mol. The topological polar surface area (TPSA) is 47.8 Å². The molecule has 5 rings (SSSR count). The molecule has 0 aliphatic heterocycles. The molecule has 0 bridgehead atoms. The van der Waals surface area contributed by atoms with E-state index in [1.165, 1.54) is 29.7 Å². The molecular weight excluding hydrogens is 511 g/mol. The zero-order valence-electron chi connectivity index (χ0n) is 18.7. The number of pyridine rings is 1. The van der Waals surface area contributed by atoms with Gasteiger partial charge >= 0.3 is 12.1 Å². The van der Waals surface area contributed by atoms with Gasteiger partial charge < -0.3 is 4.74 Å². The number of aromatic nitrogens is 1. The molecule has 9 heteroatoms. The second-order valence-electron chi connectivity index (χ2n) is 8.13. The lowest BCUT2D eigenvalue weighted by atomic mass is 9.93. The fourth-order valence-corrected chi connectivity index (χ4v) is 5.80. The Labute approximate surface area is 212 Å². The van der Waals surface area contributed by atoms with Crippen LogP contribution in [0.1, 0.15) is 27.2 Å². The van der Waals surface area contributed by atoms with E-state index in [1.54, 1.807) is 0 Å². The van der Waals surface area contributed by atoms with E-state index in [0.717, 1.165) is 39.8 Å². The van der Waals surface area contributed by atoms with Crippen molar-refractivity contribution < 1.29 is 22.7 Å². The van der Waals surface area contributed by atoms with Gasteiger partial charge in [0.05, 0.1) is 12.7 Å². The summed E-state index contributed by atoms with van der Waals surface area (Å²) in [5.74, 6) is -0.784. The van der Waals surface area contributed by atoms with Crippen LogP contribution in [-0.2, 0) is 17.3 Å². The number of carbonyl (C=O) groups is 1. The first-order chi connectivity index (χ1) is 17.2. The van der Waals surface area contributed by atoms with E-state index < -0.39 is 23.3 Å². The van der Waals surface area contributed by atoms with Gasteiger partial charge in [0.25, 0.3) is 5.56 Å². The molecule has 0 fully saturated rings. The average molecular weight is 528 g/mol. The maximum Gasteiger partial charge on any atom is 0.416 e. The second-order valence-corrected chi connectivity index (χ2v) is 9.73. The van der Waals surface area contributed by atoms with Gasteiger partial charge in [-0.25, -0.2) is 4.79 Å². The smallest absolute Gasteiger partial charge is 0.416 e. The summed E-state index contributed by atoms with van der Waals surface area (Å²) >= 11 is 7.36. The molecule has 2 heterocycles. The van der Waals surface area contributed by atoms with Crippen molar-refractivity contribution in [2.45, 2.75) is 12.6 Å². The third-order valence-corrected chi connectivity index (χ3v) is 7.36. The second kappa shape index (κ2) is 9.11. The molecule has 0 N–H and O–H groups in total. The van der Waals surface area contributed by atoms with Gasteiger partial charge in [-0.2, -0.15) is 13.2 Å². The largest absolute Gasteiger partial charge is 0.464 e. The van der Waals surface area contributed by atoms with Gasteiger partial charge in [-0.15, -0.1) is 11.3 Å². The molecule has 3 aromatic carbocycles. The van der Waals surface area contributed by atoms with Crippen molar-refractivity contribution in [2.24, 2.45) is 0 Å². The summed E-state index contributed by atoms with van der Waals surface area (Å²) in [4.78, 5) is 26.0. The van der Waals surface area contributed by atoms with Gasteiger partial charge in [0.2, 0.25) is 0 Å². The number of hydrogen-bond acceptors (Lipinski definition) is 4. The highest BCUT2D eigenvalue weighted by atomic mass is 35.5. The van der Waals surface area contributed by atoms with E-state index in [0.29, 0.717) is 27.9 Å². The molecule has 0 aliphatic rings. The summed E-state index contributed by atoms with van der Waals surface area (Å²) in [6, 6.07) is 19.8. The van der Waals surface area contributed by atoms with E-state index in [1.807, 2.05) is 42.5 Å². The molecule has 0 spiro atoms. The fourth-order valence-electron chi connectivity index (χ4n) is 4.36. The van der Waals surface area contributed by atoms with Gasteiger partial charge in [-0.1, -0.05) is 66.2 Å². The summed E-state index contributed by atoms with van der Waals surface area (Å²) in [5.41, 5.74) is 1.15. The molecule has 0 unspecified atom stereocenters.